The van der Waals surface area contributed by atoms with E-state index >= 15 is 0 Å². The summed E-state index contributed by atoms with van der Waals surface area (Å²) in [4.78, 5) is 29.3. The molecule has 2 aromatic heterocycles. The zero-order valence-corrected chi connectivity index (χ0v) is 16.1. The quantitative estimate of drug-likeness (QED) is 0.787. The molecule has 0 bridgehead atoms. The molecule has 0 saturated carbocycles. The summed E-state index contributed by atoms with van der Waals surface area (Å²) in [5.41, 5.74) is 0.900. The van der Waals surface area contributed by atoms with Gasteiger partial charge in [0, 0.05) is 43.4 Å². The van der Waals surface area contributed by atoms with Crippen LogP contribution in [0.15, 0.2) is 21.2 Å². The first-order chi connectivity index (χ1) is 13.2. The molecular weight excluding hydrogens is 364 g/mol. The van der Waals surface area contributed by atoms with E-state index < -0.39 is 0 Å². The SMILES string of the molecule is O=C(C1CCCCN1C(=O)CCc1nnc(-c2ccsc2)o1)N1CCCC1. The van der Waals surface area contributed by atoms with E-state index in [9.17, 15) is 9.59 Å². The lowest BCUT2D eigenvalue weighted by Gasteiger charge is -2.36. The fourth-order valence-corrected chi connectivity index (χ4v) is 4.48. The summed E-state index contributed by atoms with van der Waals surface area (Å²) >= 11 is 1.57. The molecule has 2 saturated heterocycles. The monoisotopic (exact) mass is 388 g/mol. The van der Waals surface area contributed by atoms with Crippen LogP contribution in [0.4, 0.5) is 0 Å². The minimum absolute atomic E-state index is 0.00234. The van der Waals surface area contributed by atoms with E-state index in [-0.39, 0.29) is 24.3 Å². The van der Waals surface area contributed by atoms with Gasteiger partial charge in [0.05, 0.1) is 0 Å². The molecule has 4 rings (SSSR count). The van der Waals surface area contributed by atoms with Crippen molar-refractivity contribution in [2.45, 2.75) is 51.0 Å². The molecule has 1 atom stereocenters. The molecule has 0 aromatic carbocycles. The number of piperidine rings is 1. The number of aryl methyl sites for hydroxylation is 1. The first-order valence-corrected chi connectivity index (χ1v) is 10.6. The van der Waals surface area contributed by atoms with Crippen LogP contribution in [0.5, 0.6) is 0 Å². The summed E-state index contributed by atoms with van der Waals surface area (Å²) in [6, 6.07) is 1.63. The first-order valence-electron chi connectivity index (χ1n) is 9.65. The van der Waals surface area contributed by atoms with E-state index in [0.29, 0.717) is 24.7 Å². The Morgan fingerprint density at radius 2 is 1.96 bits per heavy atom. The van der Waals surface area contributed by atoms with E-state index in [1.165, 1.54) is 0 Å². The van der Waals surface area contributed by atoms with Gasteiger partial charge in [-0.2, -0.15) is 11.3 Å². The van der Waals surface area contributed by atoms with Crippen LogP contribution in [-0.2, 0) is 16.0 Å². The highest BCUT2D eigenvalue weighted by Gasteiger charge is 2.35. The van der Waals surface area contributed by atoms with Gasteiger partial charge in [-0.3, -0.25) is 9.59 Å². The largest absolute Gasteiger partial charge is 0.421 e. The van der Waals surface area contributed by atoms with Gasteiger partial charge in [-0.25, -0.2) is 0 Å². The number of likely N-dealkylation sites (tertiary alicyclic amines) is 2. The highest BCUT2D eigenvalue weighted by Crippen LogP contribution is 2.23. The van der Waals surface area contributed by atoms with Crippen LogP contribution in [-0.4, -0.2) is 57.5 Å². The average molecular weight is 388 g/mol. The first kappa shape index (κ1) is 18.2. The molecule has 7 nitrogen and oxygen atoms in total. The number of hydrogen-bond donors (Lipinski definition) is 0. The fraction of sp³-hybridized carbons (Fsp3) is 0.579. The number of carbonyl (C=O) groups excluding carboxylic acids is 2. The summed E-state index contributed by atoms with van der Waals surface area (Å²) in [6.45, 7) is 2.31. The van der Waals surface area contributed by atoms with Crippen LogP contribution in [0.25, 0.3) is 11.5 Å². The fourth-order valence-electron chi connectivity index (χ4n) is 3.85. The normalized spacial score (nSPS) is 20.2. The van der Waals surface area contributed by atoms with Crippen molar-refractivity contribution in [2.75, 3.05) is 19.6 Å². The Bertz CT molecular complexity index is 783. The maximum atomic E-state index is 12.8. The van der Waals surface area contributed by atoms with Crippen LogP contribution in [0.2, 0.25) is 0 Å². The molecule has 2 fully saturated rings. The van der Waals surface area contributed by atoms with Crippen molar-refractivity contribution >= 4 is 23.2 Å². The summed E-state index contributed by atoms with van der Waals surface area (Å²) < 4.78 is 5.66. The Kier molecular flexibility index (Phi) is 5.52. The van der Waals surface area contributed by atoms with Gasteiger partial charge in [0.1, 0.15) is 6.04 Å². The molecule has 2 amide bonds. The molecule has 2 aliphatic heterocycles. The van der Waals surface area contributed by atoms with E-state index in [1.807, 2.05) is 21.7 Å². The maximum absolute atomic E-state index is 12.8. The second-order valence-electron chi connectivity index (χ2n) is 7.14. The maximum Gasteiger partial charge on any atom is 0.248 e. The third-order valence-corrected chi connectivity index (χ3v) is 6.00. The van der Waals surface area contributed by atoms with Gasteiger partial charge in [0.2, 0.25) is 23.6 Å². The van der Waals surface area contributed by atoms with Crippen LogP contribution >= 0.6 is 11.3 Å². The van der Waals surface area contributed by atoms with E-state index in [2.05, 4.69) is 10.2 Å². The topological polar surface area (TPSA) is 79.5 Å². The van der Waals surface area contributed by atoms with Crippen LogP contribution < -0.4 is 0 Å². The Balaban J connectivity index is 1.36. The summed E-state index contributed by atoms with van der Waals surface area (Å²) in [5.74, 6) is 1.07. The molecule has 8 heteroatoms. The lowest BCUT2D eigenvalue weighted by molar-refractivity contribution is -0.147. The molecule has 0 spiro atoms. The molecule has 0 N–H and O–H groups in total. The van der Waals surface area contributed by atoms with Gasteiger partial charge >= 0.3 is 0 Å². The predicted octanol–water partition coefficient (Wildman–Crippen LogP) is 2.73. The minimum Gasteiger partial charge on any atom is -0.421 e. The number of hydrogen-bond acceptors (Lipinski definition) is 6. The van der Waals surface area contributed by atoms with Crippen molar-refractivity contribution in [1.82, 2.24) is 20.0 Å². The number of aromatic nitrogens is 2. The summed E-state index contributed by atoms with van der Waals surface area (Å²) in [7, 11) is 0. The third-order valence-electron chi connectivity index (χ3n) is 5.31. The van der Waals surface area contributed by atoms with Gasteiger partial charge in [0.25, 0.3) is 0 Å². The van der Waals surface area contributed by atoms with Crippen molar-refractivity contribution in [3.8, 4) is 11.5 Å². The Morgan fingerprint density at radius 3 is 2.74 bits per heavy atom. The van der Waals surface area contributed by atoms with Crippen LogP contribution in [0.1, 0.15) is 44.4 Å². The van der Waals surface area contributed by atoms with Gasteiger partial charge in [0.15, 0.2) is 0 Å². The third kappa shape index (κ3) is 4.05. The molecule has 1 unspecified atom stereocenters. The van der Waals surface area contributed by atoms with E-state index in [1.54, 1.807) is 16.2 Å². The molecular formula is C19H24N4O3S. The van der Waals surface area contributed by atoms with Crippen molar-refractivity contribution in [2.24, 2.45) is 0 Å². The van der Waals surface area contributed by atoms with E-state index in [4.69, 9.17) is 4.42 Å². The Hall–Kier alpha value is -2.22. The number of rotatable bonds is 5. The molecule has 4 heterocycles. The van der Waals surface area contributed by atoms with Gasteiger partial charge in [-0.1, -0.05) is 0 Å². The van der Waals surface area contributed by atoms with E-state index in [0.717, 1.165) is 50.8 Å². The molecule has 2 aromatic rings. The second-order valence-corrected chi connectivity index (χ2v) is 7.92. The Morgan fingerprint density at radius 1 is 1.15 bits per heavy atom. The van der Waals surface area contributed by atoms with Crippen LogP contribution in [0, 0.1) is 0 Å². The lowest BCUT2D eigenvalue weighted by atomic mass is 10.00. The average Bonchev–Trinajstić information content (AvgIpc) is 3.47. The second kappa shape index (κ2) is 8.21. The predicted molar refractivity (Wildman–Crippen MR) is 101 cm³/mol. The van der Waals surface area contributed by atoms with Gasteiger partial charge < -0.3 is 14.2 Å². The number of nitrogens with zero attached hydrogens (tertiary/aromatic N) is 4. The highest BCUT2D eigenvalue weighted by molar-refractivity contribution is 7.08. The van der Waals surface area contributed by atoms with Crippen molar-refractivity contribution in [3.05, 3.63) is 22.7 Å². The zero-order valence-electron chi connectivity index (χ0n) is 15.3. The standard InChI is InChI=1S/C19H24N4O3S/c24-17(7-6-16-20-21-18(26-16)14-8-12-27-13-14)23-11-2-1-5-15(23)19(25)22-9-3-4-10-22/h8,12-13,15H,1-7,9-11H2. The molecule has 2 aliphatic rings. The zero-order chi connectivity index (χ0) is 18.6. The van der Waals surface area contributed by atoms with Gasteiger partial charge in [-0.05, 0) is 43.6 Å². The number of thiophene rings is 1. The molecule has 0 radical (unpaired) electrons. The summed E-state index contributed by atoms with van der Waals surface area (Å²) in [5, 5.41) is 12.0. The smallest absolute Gasteiger partial charge is 0.248 e. The van der Waals surface area contributed by atoms with Crippen molar-refractivity contribution < 1.29 is 14.0 Å². The van der Waals surface area contributed by atoms with Crippen molar-refractivity contribution in [3.63, 3.8) is 0 Å². The Labute approximate surface area is 162 Å². The summed E-state index contributed by atoms with van der Waals surface area (Å²) in [6.07, 6.45) is 5.54. The molecule has 0 aliphatic carbocycles. The van der Waals surface area contributed by atoms with Gasteiger partial charge in [-0.15, -0.1) is 10.2 Å². The van der Waals surface area contributed by atoms with Crippen LogP contribution in [0.3, 0.4) is 0 Å². The molecule has 27 heavy (non-hydrogen) atoms. The number of amides is 2. The lowest BCUT2D eigenvalue weighted by Crippen LogP contribution is -2.52. The molecule has 144 valence electrons. The number of carbonyl (C=O) groups is 2. The van der Waals surface area contributed by atoms with Crippen molar-refractivity contribution in [1.29, 1.82) is 0 Å². The minimum atomic E-state index is -0.298. The highest BCUT2D eigenvalue weighted by atomic mass is 32.1.